The second-order valence-corrected chi connectivity index (χ2v) is 13.6. The van der Waals surface area contributed by atoms with Gasteiger partial charge in [-0.1, -0.05) is 84.8 Å². The van der Waals surface area contributed by atoms with Gasteiger partial charge in [-0.2, -0.15) is 0 Å². The van der Waals surface area contributed by atoms with E-state index in [-0.39, 0.29) is 35.5 Å². The van der Waals surface area contributed by atoms with Crippen LogP contribution in [0.3, 0.4) is 0 Å². The number of aryl methyl sites for hydroxylation is 1. The lowest BCUT2D eigenvalue weighted by Crippen LogP contribution is -2.54. The number of hydrogen-bond donors (Lipinski definition) is 1. The minimum Gasteiger partial charge on any atom is -0.352 e. The summed E-state index contributed by atoms with van der Waals surface area (Å²) in [7, 11) is -4.27. The van der Waals surface area contributed by atoms with Gasteiger partial charge in [0.2, 0.25) is 11.8 Å². The summed E-state index contributed by atoms with van der Waals surface area (Å²) in [5, 5.41) is 3.34. The Labute approximate surface area is 276 Å². The van der Waals surface area contributed by atoms with Crippen molar-refractivity contribution in [3.63, 3.8) is 0 Å². The normalized spacial score (nSPS) is 12.7. The van der Waals surface area contributed by atoms with Crippen molar-refractivity contribution in [2.45, 2.75) is 64.1 Å². The molecular formula is C36H39ClFN3O4S. The molecule has 0 bridgehead atoms. The highest BCUT2D eigenvalue weighted by atomic mass is 35.5. The third-order valence-corrected chi connectivity index (χ3v) is 10.1. The molecule has 0 spiro atoms. The smallest absolute Gasteiger partial charge is 0.264 e. The largest absolute Gasteiger partial charge is 0.352 e. The zero-order valence-corrected chi connectivity index (χ0v) is 28.0. The van der Waals surface area contributed by atoms with Crippen LogP contribution in [0.25, 0.3) is 0 Å². The van der Waals surface area contributed by atoms with Gasteiger partial charge in [-0.25, -0.2) is 12.8 Å². The Morgan fingerprint density at radius 1 is 0.870 bits per heavy atom. The molecule has 0 unspecified atom stereocenters. The van der Waals surface area contributed by atoms with E-state index in [0.717, 1.165) is 15.4 Å². The number of halogens is 2. The van der Waals surface area contributed by atoms with E-state index in [9.17, 15) is 22.4 Å². The molecule has 0 aromatic heterocycles. The molecular weight excluding hydrogens is 625 g/mol. The summed E-state index contributed by atoms with van der Waals surface area (Å²) in [6, 6.07) is 25.0. The maximum atomic E-state index is 14.6. The van der Waals surface area contributed by atoms with Crippen molar-refractivity contribution in [1.29, 1.82) is 0 Å². The molecule has 4 aromatic carbocycles. The van der Waals surface area contributed by atoms with Crippen molar-refractivity contribution < 1.29 is 22.4 Å². The van der Waals surface area contributed by atoms with Crippen LogP contribution in [-0.2, 0) is 32.6 Å². The Morgan fingerprint density at radius 2 is 1.52 bits per heavy atom. The molecule has 0 heterocycles. The van der Waals surface area contributed by atoms with Gasteiger partial charge in [-0.3, -0.25) is 13.9 Å². The Kier molecular flexibility index (Phi) is 11.6. The van der Waals surface area contributed by atoms with Crippen LogP contribution in [0.4, 0.5) is 10.1 Å². The number of carbonyl (C=O) groups is 2. The highest BCUT2D eigenvalue weighted by molar-refractivity contribution is 7.92. The highest BCUT2D eigenvalue weighted by Crippen LogP contribution is 2.31. The fourth-order valence-electron chi connectivity index (χ4n) is 5.00. The fourth-order valence-corrected chi connectivity index (χ4v) is 6.64. The van der Waals surface area contributed by atoms with Crippen LogP contribution in [0.5, 0.6) is 0 Å². The van der Waals surface area contributed by atoms with Crippen LogP contribution in [-0.4, -0.2) is 43.8 Å². The zero-order valence-electron chi connectivity index (χ0n) is 26.4. The van der Waals surface area contributed by atoms with Gasteiger partial charge in [0.05, 0.1) is 10.6 Å². The van der Waals surface area contributed by atoms with Crippen molar-refractivity contribution in [1.82, 2.24) is 10.2 Å². The predicted molar refractivity (Wildman–Crippen MR) is 181 cm³/mol. The number of sulfonamides is 1. The maximum Gasteiger partial charge on any atom is 0.264 e. The van der Waals surface area contributed by atoms with E-state index >= 15 is 0 Å². The first-order valence-electron chi connectivity index (χ1n) is 15.1. The number of nitrogens with one attached hydrogen (secondary N) is 1. The Morgan fingerprint density at radius 3 is 2.15 bits per heavy atom. The fraction of sp³-hybridized carbons (Fsp3) is 0.278. The van der Waals surface area contributed by atoms with Crippen LogP contribution in [0, 0.1) is 19.7 Å². The standard InChI is InChI=1S/C36H39ClFN3O4S/c1-5-26(3)39-36(43)34(22-28-10-7-6-8-11-28)40(23-29-16-18-30(38)19-17-29)35(42)24-41(33-13-9-12-32(37)27(33)4)46(44,45)31-20-14-25(2)15-21-31/h6-21,26,34H,5,22-24H2,1-4H3,(H,39,43)/t26-,34+/m0/s1. The molecule has 0 fully saturated rings. The lowest BCUT2D eigenvalue weighted by Gasteiger charge is -2.34. The number of nitrogens with zero attached hydrogens (tertiary/aromatic N) is 2. The molecule has 4 rings (SSSR count). The van der Waals surface area contributed by atoms with Gasteiger partial charge in [-0.15, -0.1) is 0 Å². The van der Waals surface area contributed by atoms with E-state index < -0.39 is 34.3 Å². The maximum absolute atomic E-state index is 14.6. The van der Waals surface area contributed by atoms with E-state index in [0.29, 0.717) is 22.6 Å². The second kappa shape index (κ2) is 15.4. The van der Waals surface area contributed by atoms with Gasteiger partial charge in [-0.05, 0) is 80.3 Å². The molecule has 1 N–H and O–H groups in total. The Balaban J connectivity index is 1.83. The van der Waals surface area contributed by atoms with Gasteiger partial charge >= 0.3 is 0 Å². The number of anilines is 1. The monoisotopic (exact) mass is 663 g/mol. The number of hydrogen-bond acceptors (Lipinski definition) is 4. The first-order valence-corrected chi connectivity index (χ1v) is 16.9. The van der Waals surface area contributed by atoms with E-state index in [2.05, 4.69) is 5.32 Å². The Bertz CT molecular complexity index is 1750. The van der Waals surface area contributed by atoms with Gasteiger partial charge in [0.1, 0.15) is 18.4 Å². The summed E-state index contributed by atoms with van der Waals surface area (Å²) in [5.41, 5.74) is 3.00. The average Bonchev–Trinajstić information content (AvgIpc) is 3.04. The van der Waals surface area contributed by atoms with Crippen molar-refractivity contribution in [3.05, 3.63) is 130 Å². The third-order valence-electron chi connectivity index (χ3n) is 7.93. The molecule has 0 aliphatic rings. The molecule has 242 valence electrons. The van der Waals surface area contributed by atoms with Crippen molar-refractivity contribution in [2.24, 2.45) is 0 Å². The lowest BCUT2D eigenvalue weighted by atomic mass is 10.0. The van der Waals surface area contributed by atoms with Crippen LogP contribution >= 0.6 is 11.6 Å². The average molecular weight is 664 g/mol. The molecule has 2 amide bonds. The van der Waals surface area contributed by atoms with Gasteiger partial charge in [0.25, 0.3) is 10.0 Å². The van der Waals surface area contributed by atoms with Crippen LogP contribution < -0.4 is 9.62 Å². The van der Waals surface area contributed by atoms with Crippen molar-refractivity contribution >= 4 is 39.1 Å². The van der Waals surface area contributed by atoms with E-state index in [4.69, 9.17) is 11.6 Å². The summed E-state index contributed by atoms with van der Waals surface area (Å²) >= 11 is 6.44. The summed E-state index contributed by atoms with van der Waals surface area (Å²) in [6.45, 7) is 6.69. The summed E-state index contributed by atoms with van der Waals surface area (Å²) in [4.78, 5) is 29.8. The first-order chi connectivity index (χ1) is 21.9. The molecule has 46 heavy (non-hydrogen) atoms. The third kappa shape index (κ3) is 8.53. The van der Waals surface area contributed by atoms with E-state index in [1.54, 1.807) is 49.4 Å². The molecule has 7 nitrogen and oxygen atoms in total. The van der Waals surface area contributed by atoms with E-state index in [1.165, 1.54) is 29.2 Å². The summed E-state index contributed by atoms with van der Waals surface area (Å²) in [6.07, 6.45) is 0.850. The summed E-state index contributed by atoms with van der Waals surface area (Å²) < 4.78 is 43.4. The van der Waals surface area contributed by atoms with Gasteiger partial charge < -0.3 is 10.2 Å². The van der Waals surface area contributed by atoms with E-state index in [1.807, 2.05) is 51.1 Å². The number of rotatable bonds is 13. The molecule has 0 saturated heterocycles. The molecule has 2 atom stereocenters. The number of amides is 2. The minimum atomic E-state index is -4.27. The second-order valence-electron chi connectivity index (χ2n) is 11.4. The van der Waals surface area contributed by atoms with Gasteiger partial charge in [0.15, 0.2) is 0 Å². The SMILES string of the molecule is CC[C@H](C)NC(=O)[C@@H](Cc1ccccc1)N(Cc1ccc(F)cc1)C(=O)CN(c1cccc(Cl)c1C)S(=O)(=O)c1ccc(C)cc1. The van der Waals surface area contributed by atoms with Gasteiger partial charge in [0, 0.05) is 24.0 Å². The zero-order chi connectivity index (χ0) is 33.4. The van der Waals surface area contributed by atoms with Crippen LogP contribution in [0.1, 0.15) is 42.5 Å². The lowest BCUT2D eigenvalue weighted by molar-refractivity contribution is -0.140. The van der Waals surface area contributed by atoms with Crippen molar-refractivity contribution in [2.75, 3.05) is 10.8 Å². The quantitative estimate of drug-likeness (QED) is 0.170. The summed E-state index contributed by atoms with van der Waals surface area (Å²) in [5.74, 6) is -1.43. The molecule has 10 heteroatoms. The van der Waals surface area contributed by atoms with Crippen molar-refractivity contribution in [3.8, 4) is 0 Å². The predicted octanol–water partition coefficient (Wildman–Crippen LogP) is 6.85. The molecule has 4 aromatic rings. The molecule has 0 aliphatic carbocycles. The van der Waals surface area contributed by atoms with Crippen LogP contribution in [0.2, 0.25) is 5.02 Å². The molecule has 0 saturated carbocycles. The Hall–Kier alpha value is -4.21. The molecule has 0 radical (unpaired) electrons. The highest BCUT2D eigenvalue weighted by Gasteiger charge is 2.35. The first kappa shape index (κ1) is 34.7. The number of benzene rings is 4. The molecule has 0 aliphatic heterocycles. The number of carbonyl (C=O) groups excluding carboxylic acids is 2. The topological polar surface area (TPSA) is 86.8 Å². The van der Waals surface area contributed by atoms with Crippen LogP contribution in [0.15, 0.2) is 102 Å². The minimum absolute atomic E-state index is 0.00529.